The first-order valence-corrected chi connectivity index (χ1v) is 10.3. The number of hydrogen-bond donors (Lipinski definition) is 2. The summed E-state index contributed by atoms with van der Waals surface area (Å²) in [5.74, 6) is 3.02. The number of nitrogens with one attached hydrogen (secondary N) is 2. The van der Waals surface area contributed by atoms with Crippen LogP contribution in [0.4, 0.5) is 0 Å². The second-order valence-corrected chi connectivity index (χ2v) is 7.07. The zero-order valence-electron chi connectivity index (χ0n) is 17.1. The highest BCUT2D eigenvalue weighted by atomic mass is 16.5. The van der Waals surface area contributed by atoms with Gasteiger partial charge in [-0.3, -0.25) is 4.99 Å². The summed E-state index contributed by atoms with van der Waals surface area (Å²) in [5.41, 5.74) is 1.16. The second kappa shape index (κ2) is 12.1. The highest BCUT2D eigenvalue weighted by molar-refractivity contribution is 5.79. The van der Waals surface area contributed by atoms with Crippen molar-refractivity contribution in [1.82, 2.24) is 10.6 Å². The highest BCUT2D eigenvalue weighted by Crippen LogP contribution is 2.21. The Morgan fingerprint density at radius 3 is 2.59 bits per heavy atom. The lowest BCUT2D eigenvalue weighted by Crippen LogP contribution is -2.37. The van der Waals surface area contributed by atoms with Crippen LogP contribution in [0.25, 0.3) is 0 Å². The van der Waals surface area contributed by atoms with Crippen LogP contribution in [-0.4, -0.2) is 46.0 Å². The molecule has 1 saturated heterocycles. The summed E-state index contributed by atoms with van der Waals surface area (Å²) < 4.78 is 16.9. The Morgan fingerprint density at radius 2 is 1.86 bits per heavy atom. The van der Waals surface area contributed by atoms with Gasteiger partial charge in [-0.15, -0.1) is 0 Å². The molecule has 0 bridgehead atoms. The number of ether oxygens (including phenoxy) is 3. The highest BCUT2D eigenvalue weighted by Gasteiger charge is 2.15. The topological polar surface area (TPSA) is 64.1 Å². The lowest BCUT2D eigenvalue weighted by Gasteiger charge is -2.13. The Kier molecular flexibility index (Phi) is 8.82. The molecular formula is C23H31N3O3. The van der Waals surface area contributed by atoms with Gasteiger partial charge in [0.15, 0.2) is 5.96 Å². The van der Waals surface area contributed by atoms with Crippen LogP contribution in [0.3, 0.4) is 0 Å². The molecule has 29 heavy (non-hydrogen) atoms. The minimum absolute atomic E-state index is 0.571. The van der Waals surface area contributed by atoms with Crippen molar-refractivity contribution in [2.45, 2.75) is 19.4 Å². The Labute approximate surface area is 173 Å². The van der Waals surface area contributed by atoms with E-state index in [2.05, 4.69) is 27.8 Å². The van der Waals surface area contributed by atoms with E-state index in [1.165, 1.54) is 0 Å². The Balaban J connectivity index is 1.30. The average molecular weight is 398 g/mol. The van der Waals surface area contributed by atoms with Crippen LogP contribution >= 0.6 is 0 Å². The fraction of sp³-hybridized carbons (Fsp3) is 0.435. The SMILES string of the molecule is CN=C(NCCCOCC1CCOC1)NCc1ccc(Oc2ccccc2)cc1. The van der Waals surface area contributed by atoms with Gasteiger partial charge in [-0.1, -0.05) is 30.3 Å². The van der Waals surface area contributed by atoms with Crippen LogP contribution in [0.2, 0.25) is 0 Å². The van der Waals surface area contributed by atoms with Crippen molar-refractivity contribution in [3.63, 3.8) is 0 Å². The molecule has 1 aliphatic heterocycles. The number of rotatable bonds is 10. The molecule has 0 amide bonds. The molecule has 6 nitrogen and oxygen atoms in total. The van der Waals surface area contributed by atoms with Gasteiger partial charge in [-0.25, -0.2) is 0 Å². The molecule has 1 heterocycles. The smallest absolute Gasteiger partial charge is 0.191 e. The number of hydrogen-bond acceptors (Lipinski definition) is 4. The van der Waals surface area contributed by atoms with Crippen molar-refractivity contribution in [1.29, 1.82) is 0 Å². The zero-order chi connectivity index (χ0) is 20.2. The van der Waals surface area contributed by atoms with Gasteiger partial charge in [0.2, 0.25) is 0 Å². The van der Waals surface area contributed by atoms with Crippen LogP contribution in [0, 0.1) is 5.92 Å². The summed E-state index contributed by atoms with van der Waals surface area (Å²) >= 11 is 0. The van der Waals surface area contributed by atoms with Gasteiger partial charge in [0.25, 0.3) is 0 Å². The third kappa shape index (κ3) is 7.75. The fourth-order valence-electron chi connectivity index (χ4n) is 3.05. The van der Waals surface area contributed by atoms with Gasteiger partial charge >= 0.3 is 0 Å². The molecule has 2 aromatic carbocycles. The molecule has 0 radical (unpaired) electrons. The maximum Gasteiger partial charge on any atom is 0.191 e. The first kappa shape index (κ1) is 21.1. The third-order valence-corrected chi connectivity index (χ3v) is 4.72. The van der Waals surface area contributed by atoms with E-state index in [1.807, 2.05) is 42.5 Å². The van der Waals surface area contributed by atoms with E-state index in [4.69, 9.17) is 14.2 Å². The fourth-order valence-corrected chi connectivity index (χ4v) is 3.05. The molecule has 0 spiro atoms. The van der Waals surface area contributed by atoms with Gasteiger partial charge in [-0.2, -0.15) is 0 Å². The van der Waals surface area contributed by atoms with E-state index >= 15 is 0 Å². The lowest BCUT2D eigenvalue weighted by molar-refractivity contribution is 0.0888. The maximum absolute atomic E-state index is 5.82. The van der Waals surface area contributed by atoms with Gasteiger partial charge in [-0.05, 0) is 42.7 Å². The standard InChI is InChI=1S/C23H31N3O3/c1-24-23(25-13-5-14-27-17-20-12-15-28-18-20)26-16-19-8-10-22(11-9-19)29-21-6-3-2-4-7-21/h2-4,6-11,20H,5,12-18H2,1H3,(H2,24,25,26). The van der Waals surface area contributed by atoms with E-state index < -0.39 is 0 Å². The number of para-hydroxylation sites is 1. The van der Waals surface area contributed by atoms with E-state index in [9.17, 15) is 0 Å². The lowest BCUT2D eigenvalue weighted by atomic mass is 10.1. The van der Waals surface area contributed by atoms with Crippen molar-refractivity contribution in [3.05, 3.63) is 60.2 Å². The average Bonchev–Trinajstić information content (AvgIpc) is 3.28. The summed E-state index contributed by atoms with van der Waals surface area (Å²) in [6.45, 7) is 4.79. The second-order valence-electron chi connectivity index (χ2n) is 7.07. The van der Waals surface area contributed by atoms with Gasteiger partial charge in [0.1, 0.15) is 11.5 Å². The number of aliphatic imine (C=N–C) groups is 1. The van der Waals surface area contributed by atoms with Crippen molar-refractivity contribution >= 4 is 5.96 Å². The molecule has 3 rings (SSSR count). The summed E-state index contributed by atoms with van der Waals surface area (Å²) in [6.07, 6.45) is 2.06. The van der Waals surface area contributed by atoms with E-state index in [-0.39, 0.29) is 0 Å². The van der Waals surface area contributed by atoms with Crippen LogP contribution in [0.5, 0.6) is 11.5 Å². The van der Waals surface area contributed by atoms with Crippen molar-refractivity contribution < 1.29 is 14.2 Å². The van der Waals surface area contributed by atoms with Crippen LogP contribution in [-0.2, 0) is 16.0 Å². The monoisotopic (exact) mass is 397 g/mol. The minimum Gasteiger partial charge on any atom is -0.457 e. The molecular weight excluding hydrogens is 366 g/mol. The summed E-state index contributed by atoms with van der Waals surface area (Å²) in [7, 11) is 1.78. The molecule has 2 aromatic rings. The van der Waals surface area contributed by atoms with Gasteiger partial charge in [0, 0.05) is 39.3 Å². The largest absolute Gasteiger partial charge is 0.457 e. The molecule has 1 atom stereocenters. The predicted octanol–water partition coefficient (Wildman–Crippen LogP) is 3.59. The van der Waals surface area contributed by atoms with Crippen LogP contribution in [0.15, 0.2) is 59.6 Å². The van der Waals surface area contributed by atoms with Crippen molar-refractivity contribution in [2.75, 3.05) is 40.0 Å². The van der Waals surface area contributed by atoms with E-state index in [0.29, 0.717) is 12.5 Å². The van der Waals surface area contributed by atoms with Crippen molar-refractivity contribution in [3.8, 4) is 11.5 Å². The Hall–Kier alpha value is -2.57. The number of guanidine groups is 1. The molecule has 6 heteroatoms. The Morgan fingerprint density at radius 1 is 1.07 bits per heavy atom. The first-order valence-electron chi connectivity index (χ1n) is 10.3. The molecule has 1 aliphatic rings. The molecule has 156 valence electrons. The summed E-state index contributed by atoms with van der Waals surface area (Å²) in [4.78, 5) is 4.27. The molecule has 0 aromatic heterocycles. The zero-order valence-corrected chi connectivity index (χ0v) is 17.1. The van der Waals surface area contributed by atoms with Gasteiger partial charge in [0.05, 0.1) is 13.2 Å². The van der Waals surface area contributed by atoms with E-state index in [1.54, 1.807) is 7.05 Å². The molecule has 2 N–H and O–H groups in total. The Bertz CT molecular complexity index is 729. The minimum atomic E-state index is 0.571. The number of nitrogens with zero attached hydrogens (tertiary/aromatic N) is 1. The maximum atomic E-state index is 5.82. The first-order chi connectivity index (χ1) is 14.3. The van der Waals surface area contributed by atoms with Crippen LogP contribution < -0.4 is 15.4 Å². The van der Waals surface area contributed by atoms with Gasteiger partial charge < -0.3 is 24.8 Å². The molecule has 1 fully saturated rings. The normalized spacial score (nSPS) is 16.6. The van der Waals surface area contributed by atoms with Crippen molar-refractivity contribution in [2.24, 2.45) is 10.9 Å². The summed E-state index contributed by atoms with van der Waals surface area (Å²) in [5, 5.41) is 6.65. The number of benzene rings is 2. The predicted molar refractivity (Wildman–Crippen MR) is 116 cm³/mol. The summed E-state index contributed by atoms with van der Waals surface area (Å²) in [6, 6.07) is 17.9. The van der Waals surface area contributed by atoms with E-state index in [0.717, 1.165) is 68.8 Å². The van der Waals surface area contributed by atoms with Crippen LogP contribution in [0.1, 0.15) is 18.4 Å². The molecule has 1 unspecified atom stereocenters. The molecule has 0 saturated carbocycles. The molecule has 0 aliphatic carbocycles. The third-order valence-electron chi connectivity index (χ3n) is 4.72. The quantitative estimate of drug-likeness (QED) is 0.364.